The Morgan fingerprint density at radius 1 is 1.04 bits per heavy atom. The molecule has 142 valence electrons. The monoisotopic (exact) mass is 395 g/mol. The van der Waals surface area contributed by atoms with Gasteiger partial charge in [0.15, 0.2) is 21.3 Å². The van der Waals surface area contributed by atoms with Gasteiger partial charge in [-0.25, -0.2) is 18.1 Å². The second-order valence-corrected chi connectivity index (χ2v) is 8.28. The number of alkyl halides is 3. The molecule has 0 saturated heterocycles. The summed E-state index contributed by atoms with van der Waals surface area (Å²) in [4.78, 5) is 3.97. The van der Waals surface area contributed by atoms with Crippen molar-refractivity contribution in [2.24, 2.45) is 0 Å². The highest BCUT2D eigenvalue weighted by molar-refractivity contribution is 7.90. The van der Waals surface area contributed by atoms with Gasteiger partial charge in [-0.1, -0.05) is 23.8 Å². The molecule has 3 rings (SSSR count). The molecule has 0 N–H and O–H groups in total. The summed E-state index contributed by atoms with van der Waals surface area (Å²) < 4.78 is 63.9. The number of sulfone groups is 1. The molecule has 0 atom stereocenters. The lowest BCUT2D eigenvalue weighted by atomic mass is 10.0. The average molecular weight is 395 g/mol. The minimum Gasteiger partial charge on any atom is -0.236 e. The van der Waals surface area contributed by atoms with Crippen LogP contribution in [0, 0.1) is 13.8 Å². The Morgan fingerprint density at radius 2 is 1.74 bits per heavy atom. The molecular formula is C18H16F3N3O2S. The highest BCUT2D eigenvalue weighted by Gasteiger charge is 2.35. The number of rotatable bonds is 3. The first kappa shape index (κ1) is 19.1. The van der Waals surface area contributed by atoms with Crippen LogP contribution in [-0.2, 0) is 16.0 Å². The lowest BCUT2D eigenvalue weighted by Gasteiger charge is -2.10. The maximum atomic E-state index is 13.2. The van der Waals surface area contributed by atoms with Crippen molar-refractivity contribution in [1.82, 2.24) is 14.8 Å². The highest BCUT2D eigenvalue weighted by Crippen LogP contribution is 2.34. The zero-order chi connectivity index (χ0) is 20.0. The number of hydrogen-bond donors (Lipinski definition) is 0. The van der Waals surface area contributed by atoms with Crippen LogP contribution in [-0.4, -0.2) is 29.4 Å². The van der Waals surface area contributed by atoms with Crippen LogP contribution < -0.4 is 0 Å². The summed E-state index contributed by atoms with van der Waals surface area (Å²) in [5.74, 6) is 0.0906. The van der Waals surface area contributed by atoms with Crippen molar-refractivity contribution >= 4 is 9.84 Å². The van der Waals surface area contributed by atoms with E-state index in [0.29, 0.717) is 5.56 Å². The molecule has 0 aliphatic rings. The smallest absolute Gasteiger partial charge is 0.236 e. The van der Waals surface area contributed by atoms with E-state index >= 15 is 0 Å². The van der Waals surface area contributed by atoms with Gasteiger partial charge >= 0.3 is 6.18 Å². The maximum absolute atomic E-state index is 13.2. The van der Waals surface area contributed by atoms with Gasteiger partial charge in [0.25, 0.3) is 0 Å². The van der Waals surface area contributed by atoms with E-state index in [4.69, 9.17) is 0 Å². The molecule has 0 fully saturated rings. The van der Waals surface area contributed by atoms with E-state index in [1.165, 1.54) is 12.1 Å². The quantitative estimate of drug-likeness (QED) is 0.673. The molecule has 1 aromatic carbocycles. The second-order valence-electron chi connectivity index (χ2n) is 6.27. The van der Waals surface area contributed by atoms with E-state index in [1.807, 2.05) is 13.0 Å². The van der Waals surface area contributed by atoms with Gasteiger partial charge in [0.2, 0.25) is 0 Å². The predicted molar refractivity (Wildman–Crippen MR) is 94.4 cm³/mol. The second kappa shape index (κ2) is 6.49. The summed E-state index contributed by atoms with van der Waals surface area (Å²) in [6, 6.07) is 8.97. The predicted octanol–water partition coefficient (Wildman–Crippen LogP) is 3.97. The third-order valence-electron chi connectivity index (χ3n) is 4.02. The SMILES string of the molecule is Cc1ccc(-c2cc(C(F)(F)F)nn2-c2ccc(S(C)(=O)=O)cn2)c(C)c1. The van der Waals surface area contributed by atoms with E-state index in [9.17, 15) is 21.6 Å². The van der Waals surface area contributed by atoms with Crippen LogP contribution in [0.5, 0.6) is 0 Å². The number of benzene rings is 1. The first-order valence-electron chi connectivity index (χ1n) is 7.88. The minimum absolute atomic E-state index is 0.0254. The molecule has 9 heteroatoms. The molecule has 0 radical (unpaired) electrons. The molecule has 27 heavy (non-hydrogen) atoms. The van der Waals surface area contributed by atoms with Gasteiger partial charge in [-0.2, -0.15) is 18.3 Å². The van der Waals surface area contributed by atoms with Crippen molar-refractivity contribution in [2.45, 2.75) is 24.9 Å². The van der Waals surface area contributed by atoms with E-state index < -0.39 is 21.7 Å². The van der Waals surface area contributed by atoms with Gasteiger partial charge in [-0.15, -0.1) is 0 Å². The molecule has 0 aliphatic carbocycles. The number of nitrogens with zero attached hydrogens (tertiary/aromatic N) is 3. The van der Waals surface area contributed by atoms with Gasteiger partial charge in [0, 0.05) is 18.0 Å². The molecule has 0 bridgehead atoms. The van der Waals surface area contributed by atoms with Crippen LogP contribution >= 0.6 is 0 Å². The molecule has 0 saturated carbocycles. The Labute approximate surface area is 154 Å². The fourth-order valence-electron chi connectivity index (χ4n) is 2.70. The van der Waals surface area contributed by atoms with Gasteiger partial charge in [-0.3, -0.25) is 0 Å². The van der Waals surface area contributed by atoms with E-state index in [2.05, 4.69) is 10.1 Å². The van der Waals surface area contributed by atoms with Crippen molar-refractivity contribution in [3.8, 4) is 17.1 Å². The molecule has 0 aliphatic heterocycles. The van der Waals surface area contributed by atoms with Gasteiger partial charge < -0.3 is 0 Å². The Hall–Kier alpha value is -2.68. The van der Waals surface area contributed by atoms with E-state index in [1.54, 1.807) is 19.1 Å². The van der Waals surface area contributed by atoms with Gasteiger partial charge in [0.05, 0.1) is 10.6 Å². The first-order chi connectivity index (χ1) is 12.5. The van der Waals surface area contributed by atoms with Crippen molar-refractivity contribution in [2.75, 3.05) is 6.26 Å². The lowest BCUT2D eigenvalue weighted by molar-refractivity contribution is -0.141. The van der Waals surface area contributed by atoms with Crippen LogP contribution in [0.2, 0.25) is 0 Å². The molecule has 0 amide bonds. The van der Waals surface area contributed by atoms with E-state index in [-0.39, 0.29) is 16.4 Å². The third kappa shape index (κ3) is 3.87. The Kier molecular flexibility index (Phi) is 4.59. The number of pyridine rings is 1. The maximum Gasteiger partial charge on any atom is 0.435 e. The normalized spacial score (nSPS) is 12.4. The molecule has 3 aromatic rings. The minimum atomic E-state index is -4.62. The highest BCUT2D eigenvalue weighted by atomic mass is 32.2. The standard InChI is InChI=1S/C18H16F3N3O2S/c1-11-4-6-14(12(2)8-11)15-9-16(18(19,20)21)23-24(15)17-7-5-13(10-22-17)27(3,25)26/h4-10H,1-3H3. The van der Waals surface area contributed by atoms with Crippen LogP contribution in [0.1, 0.15) is 16.8 Å². The Balaban J connectivity index is 2.21. The summed E-state index contributed by atoms with van der Waals surface area (Å²) in [5, 5.41) is 3.66. The first-order valence-corrected chi connectivity index (χ1v) is 9.77. The Bertz CT molecular complexity index is 1100. The summed E-state index contributed by atoms with van der Waals surface area (Å²) in [6.45, 7) is 3.69. The molecule has 0 spiro atoms. The van der Waals surface area contributed by atoms with Gasteiger partial charge in [-0.05, 0) is 37.6 Å². The molecule has 2 aromatic heterocycles. The zero-order valence-corrected chi connectivity index (χ0v) is 15.6. The van der Waals surface area contributed by atoms with Crippen LogP contribution in [0.4, 0.5) is 13.2 Å². The summed E-state index contributed by atoms with van der Waals surface area (Å²) in [5.41, 5.74) is 1.52. The number of hydrogen-bond acceptors (Lipinski definition) is 4. The molecule has 5 nitrogen and oxygen atoms in total. The fourth-order valence-corrected chi connectivity index (χ4v) is 3.26. The topological polar surface area (TPSA) is 64.8 Å². The molecule has 2 heterocycles. The Morgan fingerprint density at radius 3 is 2.26 bits per heavy atom. The summed E-state index contributed by atoms with van der Waals surface area (Å²) >= 11 is 0. The van der Waals surface area contributed by atoms with Crippen molar-refractivity contribution in [3.63, 3.8) is 0 Å². The molecular weight excluding hydrogens is 379 g/mol. The fraction of sp³-hybridized carbons (Fsp3) is 0.222. The third-order valence-corrected chi connectivity index (χ3v) is 5.12. The molecule has 0 unspecified atom stereocenters. The van der Waals surface area contributed by atoms with Crippen LogP contribution in [0.25, 0.3) is 17.1 Å². The zero-order valence-electron chi connectivity index (χ0n) is 14.7. The number of aromatic nitrogens is 3. The lowest BCUT2D eigenvalue weighted by Crippen LogP contribution is -2.08. The van der Waals surface area contributed by atoms with Crippen LogP contribution in [0.3, 0.4) is 0 Å². The summed E-state index contributed by atoms with van der Waals surface area (Å²) in [7, 11) is -3.47. The van der Waals surface area contributed by atoms with Crippen molar-refractivity contribution < 1.29 is 21.6 Å². The number of aryl methyl sites for hydroxylation is 2. The van der Waals surface area contributed by atoms with E-state index in [0.717, 1.165) is 34.3 Å². The summed E-state index contributed by atoms with van der Waals surface area (Å²) in [6.07, 6.45) is -2.49. The van der Waals surface area contributed by atoms with Crippen molar-refractivity contribution in [3.05, 3.63) is 59.4 Å². The van der Waals surface area contributed by atoms with Crippen LogP contribution in [0.15, 0.2) is 47.5 Å². The average Bonchev–Trinajstić information content (AvgIpc) is 2.99. The number of halogens is 3. The van der Waals surface area contributed by atoms with Gasteiger partial charge in [0.1, 0.15) is 0 Å². The largest absolute Gasteiger partial charge is 0.435 e. The van der Waals surface area contributed by atoms with Crippen molar-refractivity contribution in [1.29, 1.82) is 0 Å².